The molecule has 0 radical (unpaired) electrons. The molecule has 95 heavy (non-hydrogen) atoms. The summed E-state index contributed by atoms with van der Waals surface area (Å²) in [5.41, 5.74) is 15.1. The number of carboxylic acids is 2. The summed E-state index contributed by atoms with van der Waals surface area (Å²) in [5.74, 6) is -4.29. The summed E-state index contributed by atoms with van der Waals surface area (Å²) in [6.45, 7) is 6.97. The maximum Gasteiger partial charge on any atom is 0.340 e. The van der Waals surface area contributed by atoms with Gasteiger partial charge in [-0.15, -0.1) is 56.7 Å². The summed E-state index contributed by atoms with van der Waals surface area (Å²) in [6.07, 6.45) is 2.58. The van der Waals surface area contributed by atoms with E-state index in [0.717, 1.165) is 89.0 Å². The molecule has 9 N–H and O–H groups in total. The van der Waals surface area contributed by atoms with Gasteiger partial charge in [0.2, 0.25) is 22.7 Å². The number of carbonyl (C=O) groups excluding carboxylic acids is 6. The van der Waals surface area contributed by atoms with Gasteiger partial charge in [0.1, 0.15) is 20.0 Å². The van der Waals surface area contributed by atoms with E-state index in [9.17, 15) is 38.4 Å². The number of nitrogens with zero attached hydrogens (tertiary/aromatic N) is 1. The van der Waals surface area contributed by atoms with E-state index in [0.29, 0.717) is 64.8 Å². The number of nitrogens with one attached hydrogen (secondary N) is 3. The first-order valence-electron chi connectivity index (χ1n) is 28.1. The number of fused-ring (bicyclic) bond motifs is 3. The normalized spacial score (nSPS) is 10.3. The Hall–Kier alpha value is -9.68. The molecule has 0 saturated carbocycles. The lowest BCUT2D eigenvalue weighted by molar-refractivity contribution is -0.117. The average Bonchev–Trinajstić information content (AvgIpc) is 2.04. The number of nitrogens with two attached hydrogens (primary N) is 2. The van der Waals surface area contributed by atoms with Gasteiger partial charge in [-0.25, -0.2) is 28.8 Å². The summed E-state index contributed by atoms with van der Waals surface area (Å²) in [7, 11) is 3.92. The number of carboxylic acid groups (broad SMARTS) is 2. The Balaban J connectivity index is 0.000000175. The number of hydrogen-bond donors (Lipinski definition) is 7. The molecular weight excluding hydrogens is 1380 g/mol. The number of aryl methyl sites for hydroxylation is 3. The van der Waals surface area contributed by atoms with Gasteiger partial charge in [0, 0.05) is 19.3 Å². The maximum atomic E-state index is 12.2. The van der Waals surface area contributed by atoms with E-state index in [1.54, 1.807) is 11.4 Å². The van der Waals surface area contributed by atoms with Gasteiger partial charge in [0.25, 0.3) is 0 Å². The Morgan fingerprint density at radius 1 is 0.432 bits per heavy atom. The zero-order valence-electron chi connectivity index (χ0n) is 50.5. The van der Waals surface area contributed by atoms with Crippen molar-refractivity contribution in [3.8, 4) is 0 Å². The van der Waals surface area contributed by atoms with E-state index in [4.69, 9.17) is 67.8 Å². The van der Waals surface area contributed by atoms with E-state index in [-0.39, 0.29) is 68.2 Å². The molecule has 5 heterocycles. The Morgan fingerprint density at radius 2 is 0.779 bits per heavy atom. The van der Waals surface area contributed by atoms with Gasteiger partial charge in [-0.1, -0.05) is 162 Å². The van der Waals surface area contributed by atoms with Crippen molar-refractivity contribution in [2.45, 2.75) is 38.5 Å². The number of ether oxygens (including phenoxy) is 3. The third-order valence-electron chi connectivity index (χ3n) is 13.5. The maximum absolute atomic E-state index is 12.2. The van der Waals surface area contributed by atoms with Gasteiger partial charge in [-0.3, -0.25) is 14.4 Å². The summed E-state index contributed by atoms with van der Waals surface area (Å²) in [6, 6.07) is 49.7. The number of halogens is 3. The largest absolute Gasteiger partial charge is 0.478 e. The molecule has 0 saturated heterocycles. The molecular formula is C68H57Cl3N6O13S5. The van der Waals surface area contributed by atoms with Crippen molar-refractivity contribution in [2.24, 2.45) is 0 Å². The van der Waals surface area contributed by atoms with Crippen LogP contribution in [0.1, 0.15) is 87.7 Å². The average molecular weight is 1430 g/mol. The monoisotopic (exact) mass is 1430 g/mol. The van der Waals surface area contributed by atoms with Crippen LogP contribution in [0.5, 0.6) is 0 Å². The Labute approximate surface area is 579 Å². The molecule has 0 fully saturated rings. The molecule has 0 atom stereocenters. The number of thiophene rings is 5. The third kappa shape index (κ3) is 21.4. The molecule has 5 aromatic heterocycles. The second kappa shape index (κ2) is 35.6. The summed E-state index contributed by atoms with van der Waals surface area (Å²) in [4.78, 5) is 95.4. The molecule has 6 aromatic carbocycles. The van der Waals surface area contributed by atoms with Crippen molar-refractivity contribution in [1.29, 1.82) is 0 Å². The predicted molar refractivity (Wildman–Crippen MR) is 382 cm³/mol. The number of anilines is 5. The van der Waals surface area contributed by atoms with Crippen LogP contribution in [0.25, 0.3) is 37.2 Å². The number of nitrogen functional groups attached to an aromatic ring is 2. The number of rotatable bonds is 17. The predicted octanol–water partition coefficient (Wildman–Crippen LogP) is 17.3. The minimum absolute atomic E-state index is 0.0176. The lowest BCUT2D eigenvalue weighted by Gasteiger charge is -2.06. The first kappa shape index (κ1) is 72.7. The zero-order chi connectivity index (χ0) is 68.7. The van der Waals surface area contributed by atoms with Crippen LogP contribution in [-0.4, -0.2) is 79.1 Å². The second-order valence-corrected chi connectivity index (χ2v) is 26.9. The highest BCUT2D eigenvalue weighted by atomic mass is 35.5. The van der Waals surface area contributed by atoms with Crippen molar-refractivity contribution < 1.29 is 62.8 Å². The number of methoxy groups -OCH3 is 3. The molecule has 0 unspecified atom stereocenters. The van der Waals surface area contributed by atoms with Gasteiger partial charge in [0.15, 0.2) is 0 Å². The molecule has 11 aromatic rings. The Kier molecular flexibility index (Phi) is 27.2. The SMILES string of the molecule is COC(=O)c1cc(Cl)sc1N.COC(=O)c1cc(Cl)sc1NC(=O)CCc1ccc2ccccc2c1.COC(=O)c1ccsc1N.O=C(CCc1ccc2ccccc2c1)Nc1sc(Cl)cc1C(=O)O.[C-]#[N+]c1cc(C(=O)O)c(NC(=O)CCc2ccc3ccccc3c2)s1. The van der Waals surface area contributed by atoms with Crippen LogP contribution in [0.4, 0.5) is 30.0 Å². The van der Waals surface area contributed by atoms with Crippen LogP contribution < -0.4 is 27.4 Å². The number of hydrogen-bond acceptors (Lipinski definition) is 18. The van der Waals surface area contributed by atoms with Crippen molar-refractivity contribution in [3.05, 3.63) is 232 Å². The molecule has 0 spiro atoms. The standard InChI is InChI=1S/C19H16ClNO3S.C19H14N2O3S.C18H14ClNO3S.C6H6ClNO2S.C6H7NO2S/c1-24-19(23)15-11-16(20)25-18(15)21-17(22)9-7-12-6-8-13-4-2-3-5-14(13)10-12;1-20-17-11-15(19(23)24)18(25-17)21-16(22)9-7-12-6-8-13-4-2-3-5-14(13)10-12;19-15-10-14(18(22)23)17(24-15)20-16(21)8-6-11-5-7-12-3-1-2-4-13(12)9-11;1-10-6(9)3-2-4(7)11-5(3)8;1-9-6(8)4-2-3-10-5(4)7/h2-6,8,10-11H,7,9H2,1H3,(H,21,22);2-6,8,10-11H,7,9H2,(H,21,22)(H,23,24);1-5,7,9-10H,6,8H2,(H,20,21)(H,22,23);2H,8H2,1H3;2-3H,7H2,1H3. The Morgan fingerprint density at radius 3 is 1.15 bits per heavy atom. The number of amides is 3. The lowest BCUT2D eigenvalue weighted by atomic mass is 10.0. The van der Waals surface area contributed by atoms with E-state index in [2.05, 4.69) is 60.6 Å². The third-order valence-corrected chi connectivity index (χ3v) is 18.6. The molecule has 0 aliphatic carbocycles. The fourth-order valence-electron chi connectivity index (χ4n) is 8.78. The van der Waals surface area contributed by atoms with Crippen molar-refractivity contribution in [3.63, 3.8) is 0 Å². The fraction of sp³-hybridized carbons (Fsp3) is 0.132. The van der Waals surface area contributed by atoms with Crippen molar-refractivity contribution in [1.82, 2.24) is 0 Å². The number of benzene rings is 6. The highest BCUT2D eigenvalue weighted by Crippen LogP contribution is 2.36. The number of esters is 3. The van der Waals surface area contributed by atoms with E-state index >= 15 is 0 Å². The highest BCUT2D eigenvalue weighted by Gasteiger charge is 2.21. The Bertz CT molecular complexity index is 4650. The first-order valence-corrected chi connectivity index (χ1v) is 33.4. The smallest absolute Gasteiger partial charge is 0.340 e. The van der Waals surface area contributed by atoms with Crippen LogP contribution >= 0.6 is 91.5 Å². The van der Waals surface area contributed by atoms with Crippen LogP contribution in [0.2, 0.25) is 13.0 Å². The van der Waals surface area contributed by atoms with E-state index in [1.807, 2.05) is 97.1 Å². The molecule has 488 valence electrons. The lowest BCUT2D eigenvalue weighted by Crippen LogP contribution is -2.14. The van der Waals surface area contributed by atoms with E-state index in [1.165, 1.54) is 62.3 Å². The van der Waals surface area contributed by atoms with Crippen LogP contribution in [0.3, 0.4) is 0 Å². The van der Waals surface area contributed by atoms with Crippen LogP contribution in [0.15, 0.2) is 163 Å². The molecule has 0 bridgehead atoms. The quantitative estimate of drug-likeness (QED) is 0.0253. The molecule has 0 aliphatic heterocycles. The topological polar surface area (TPSA) is 297 Å². The van der Waals surface area contributed by atoms with Gasteiger partial charge in [-0.2, -0.15) is 0 Å². The van der Waals surface area contributed by atoms with Crippen molar-refractivity contribution in [2.75, 3.05) is 48.7 Å². The number of carbonyl (C=O) groups is 8. The second-order valence-electron chi connectivity index (χ2n) is 19.8. The molecule has 19 nitrogen and oxygen atoms in total. The molecule has 27 heteroatoms. The minimum atomic E-state index is -1.16. The highest BCUT2D eigenvalue weighted by molar-refractivity contribution is 7.21. The van der Waals surface area contributed by atoms with E-state index < -0.39 is 23.9 Å². The fourth-order valence-corrected chi connectivity index (χ4v) is 13.5. The van der Waals surface area contributed by atoms with Gasteiger partial charge in [0.05, 0.1) is 73.7 Å². The van der Waals surface area contributed by atoms with Crippen molar-refractivity contribution >= 4 is 201 Å². The zero-order valence-corrected chi connectivity index (χ0v) is 56.8. The van der Waals surface area contributed by atoms with Gasteiger partial charge < -0.3 is 51.8 Å². The summed E-state index contributed by atoms with van der Waals surface area (Å²) in [5, 5.41) is 36.9. The summed E-state index contributed by atoms with van der Waals surface area (Å²) >= 11 is 23.0. The van der Waals surface area contributed by atoms with Crippen LogP contribution in [0, 0.1) is 6.57 Å². The molecule has 0 aliphatic rings. The first-order chi connectivity index (χ1) is 45.6. The van der Waals surface area contributed by atoms with Crippen LogP contribution in [-0.2, 0) is 47.9 Å². The number of aromatic carboxylic acids is 2. The van der Waals surface area contributed by atoms with Gasteiger partial charge >= 0.3 is 29.8 Å². The minimum Gasteiger partial charge on any atom is -0.478 e. The summed E-state index contributed by atoms with van der Waals surface area (Å²) < 4.78 is 14.9. The molecule has 3 amide bonds. The van der Waals surface area contributed by atoms with Gasteiger partial charge in [-0.05, 0) is 104 Å². The molecule has 11 rings (SSSR count).